The molecule has 0 heterocycles. The van der Waals surface area contributed by atoms with Gasteiger partial charge < -0.3 is 14.7 Å². The number of hydrogen-bond donors (Lipinski definition) is 1. The maximum atomic E-state index is 10.1. The molecule has 0 radical (unpaired) electrons. The highest BCUT2D eigenvalue weighted by Gasteiger charge is 1.99. The smallest absolute Gasteiger partial charge is 0.344 e. The summed E-state index contributed by atoms with van der Waals surface area (Å²) in [6.07, 6.45) is 4.65. The number of benzene rings is 1. The molecule has 0 saturated carbocycles. The SMILES string of the molecule is COc1ccc(Cl)cc1/C=C/C=N/OCC(=O)O. The second kappa shape index (κ2) is 7.34. The third-order valence-corrected chi connectivity index (χ3v) is 2.11. The van der Waals surface area contributed by atoms with Crippen molar-refractivity contribution in [2.75, 3.05) is 13.7 Å². The van der Waals surface area contributed by atoms with Crippen LogP contribution in [0, 0.1) is 0 Å². The van der Waals surface area contributed by atoms with Crippen molar-refractivity contribution in [2.45, 2.75) is 0 Å². The average molecular weight is 270 g/mol. The molecule has 0 aliphatic heterocycles. The van der Waals surface area contributed by atoms with Crippen LogP contribution in [0.15, 0.2) is 29.4 Å². The number of nitrogens with zero attached hydrogens (tertiary/aromatic N) is 1. The summed E-state index contributed by atoms with van der Waals surface area (Å²) in [5.74, 6) is -0.400. The molecule has 0 aliphatic carbocycles. The topological polar surface area (TPSA) is 68.1 Å². The number of allylic oxidation sites excluding steroid dienone is 1. The number of halogens is 1. The highest BCUT2D eigenvalue weighted by atomic mass is 35.5. The molecule has 0 aromatic heterocycles. The van der Waals surface area contributed by atoms with E-state index in [1.54, 1.807) is 37.5 Å². The van der Waals surface area contributed by atoms with E-state index in [1.807, 2.05) is 0 Å². The molecule has 0 atom stereocenters. The van der Waals surface area contributed by atoms with Gasteiger partial charge in [-0.05, 0) is 30.4 Å². The van der Waals surface area contributed by atoms with E-state index in [4.69, 9.17) is 21.4 Å². The highest BCUT2D eigenvalue weighted by Crippen LogP contribution is 2.23. The number of methoxy groups -OCH3 is 1. The van der Waals surface area contributed by atoms with Crippen LogP contribution in [0.25, 0.3) is 6.08 Å². The van der Waals surface area contributed by atoms with E-state index in [9.17, 15) is 4.79 Å². The Morgan fingerprint density at radius 3 is 3.00 bits per heavy atom. The molecular formula is C12H12ClNO4. The summed E-state index contributed by atoms with van der Waals surface area (Å²) < 4.78 is 5.15. The van der Waals surface area contributed by atoms with Gasteiger partial charge in [0.15, 0.2) is 0 Å². The predicted molar refractivity (Wildman–Crippen MR) is 69.1 cm³/mol. The van der Waals surface area contributed by atoms with Crippen molar-refractivity contribution < 1.29 is 19.5 Å². The van der Waals surface area contributed by atoms with Crippen LogP contribution in [0.1, 0.15) is 5.56 Å². The van der Waals surface area contributed by atoms with Crippen molar-refractivity contribution in [3.63, 3.8) is 0 Å². The number of carboxylic acids is 1. The monoisotopic (exact) mass is 269 g/mol. The summed E-state index contributed by atoms with van der Waals surface area (Å²) in [5, 5.41) is 12.3. The number of carboxylic acid groups (broad SMARTS) is 1. The second-order valence-electron chi connectivity index (χ2n) is 3.17. The van der Waals surface area contributed by atoms with Crippen LogP contribution in [-0.4, -0.2) is 31.0 Å². The molecule has 1 aromatic carbocycles. The fourth-order valence-corrected chi connectivity index (χ4v) is 1.33. The molecule has 1 aromatic rings. The minimum atomic E-state index is -1.08. The molecular weight excluding hydrogens is 258 g/mol. The van der Waals surface area contributed by atoms with Gasteiger partial charge >= 0.3 is 5.97 Å². The lowest BCUT2D eigenvalue weighted by atomic mass is 10.2. The van der Waals surface area contributed by atoms with Crippen LogP contribution >= 0.6 is 11.6 Å². The Bertz CT molecular complexity index is 471. The van der Waals surface area contributed by atoms with E-state index in [0.717, 1.165) is 5.56 Å². The zero-order valence-corrected chi connectivity index (χ0v) is 10.4. The lowest BCUT2D eigenvalue weighted by Gasteiger charge is -2.04. The van der Waals surface area contributed by atoms with Crippen molar-refractivity contribution in [1.82, 2.24) is 0 Å². The summed E-state index contributed by atoms with van der Waals surface area (Å²) in [7, 11) is 1.56. The van der Waals surface area contributed by atoms with Gasteiger partial charge in [0.2, 0.25) is 6.61 Å². The van der Waals surface area contributed by atoms with E-state index in [2.05, 4.69) is 9.99 Å². The second-order valence-corrected chi connectivity index (χ2v) is 3.60. The van der Waals surface area contributed by atoms with Gasteiger partial charge in [0.25, 0.3) is 0 Å². The van der Waals surface area contributed by atoms with Crippen LogP contribution in [0.2, 0.25) is 5.02 Å². The fourth-order valence-electron chi connectivity index (χ4n) is 1.15. The maximum absolute atomic E-state index is 10.1. The predicted octanol–water partition coefficient (Wildman–Crippen LogP) is 2.45. The fraction of sp³-hybridized carbons (Fsp3) is 0.167. The standard InChI is InChI=1S/C12H12ClNO4/c1-17-11-5-4-10(13)7-9(11)3-2-6-14-18-8-12(15)16/h2-7H,8H2,1H3,(H,15,16)/b3-2+,14-6+. The molecule has 0 spiro atoms. The van der Waals surface area contributed by atoms with E-state index >= 15 is 0 Å². The molecule has 5 nitrogen and oxygen atoms in total. The van der Waals surface area contributed by atoms with Gasteiger partial charge in [-0.2, -0.15) is 0 Å². The molecule has 6 heteroatoms. The zero-order valence-electron chi connectivity index (χ0n) is 9.67. The van der Waals surface area contributed by atoms with Gasteiger partial charge in [0, 0.05) is 10.6 Å². The molecule has 0 aliphatic rings. The number of carbonyl (C=O) groups is 1. The Labute approximate surface area is 109 Å². The minimum absolute atomic E-state index is 0.467. The van der Waals surface area contributed by atoms with Gasteiger partial charge in [0.05, 0.1) is 13.3 Å². The molecule has 0 amide bonds. The molecule has 0 fully saturated rings. The third kappa shape index (κ3) is 4.88. The highest BCUT2D eigenvalue weighted by molar-refractivity contribution is 6.30. The van der Waals surface area contributed by atoms with E-state index in [1.165, 1.54) is 6.21 Å². The summed E-state index contributed by atoms with van der Waals surface area (Å²) in [4.78, 5) is 14.6. The first kappa shape index (κ1) is 14.1. The van der Waals surface area contributed by atoms with Crippen molar-refractivity contribution >= 4 is 29.9 Å². The van der Waals surface area contributed by atoms with Gasteiger partial charge in [-0.3, -0.25) is 0 Å². The third-order valence-electron chi connectivity index (χ3n) is 1.88. The van der Waals surface area contributed by atoms with Crippen LogP contribution in [0.4, 0.5) is 0 Å². The summed E-state index contributed by atoms with van der Waals surface area (Å²) >= 11 is 5.86. The Balaban J connectivity index is 2.61. The van der Waals surface area contributed by atoms with E-state index in [-0.39, 0.29) is 0 Å². The number of rotatable bonds is 6. The quantitative estimate of drug-likeness (QED) is 0.636. The first-order chi connectivity index (χ1) is 8.63. The van der Waals surface area contributed by atoms with Crippen LogP contribution < -0.4 is 4.74 Å². The molecule has 1 N–H and O–H groups in total. The van der Waals surface area contributed by atoms with Crippen LogP contribution in [-0.2, 0) is 9.63 Å². The Hall–Kier alpha value is -2.01. The first-order valence-electron chi connectivity index (χ1n) is 5.01. The van der Waals surface area contributed by atoms with Gasteiger partial charge in [0.1, 0.15) is 5.75 Å². The number of hydrogen-bond acceptors (Lipinski definition) is 4. The number of oxime groups is 1. The zero-order chi connectivity index (χ0) is 13.4. The number of ether oxygens (including phenoxy) is 1. The normalized spacial score (nSPS) is 11.0. The Kier molecular flexibility index (Phi) is 5.73. The summed E-state index contributed by atoms with van der Waals surface area (Å²) in [5.41, 5.74) is 0.787. The minimum Gasteiger partial charge on any atom is -0.496 e. The van der Waals surface area contributed by atoms with Crippen molar-refractivity contribution in [2.24, 2.45) is 5.16 Å². The molecule has 0 bridgehead atoms. The van der Waals surface area contributed by atoms with Crippen molar-refractivity contribution in [3.05, 3.63) is 34.9 Å². The van der Waals surface area contributed by atoms with Crippen molar-refractivity contribution in [1.29, 1.82) is 0 Å². The van der Waals surface area contributed by atoms with Gasteiger partial charge in [-0.25, -0.2) is 4.79 Å². The first-order valence-corrected chi connectivity index (χ1v) is 5.38. The lowest BCUT2D eigenvalue weighted by molar-refractivity contribution is -0.142. The molecule has 18 heavy (non-hydrogen) atoms. The van der Waals surface area contributed by atoms with Gasteiger partial charge in [-0.1, -0.05) is 16.8 Å². The van der Waals surface area contributed by atoms with E-state index in [0.29, 0.717) is 10.8 Å². The van der Waals surface area contributed by atoms with Gasteiger partial charge in [-0.15, -0.1) is 0 Å². The largest absolute Gasteiger partial charge is 0.496 e. The molecule has 96 valence electrons. The molecule has 0 saturated heterocycles. The number of aliphatic carboxylic acids is 1. The van der Waals surface area contributed by atoms with Crippen LogP contribution in [0.5, 0.6) is 5.75 Å². The van der Waals surface area contributed by atoms with E-state index < -0.39 is 12.6 Å². The molecule has 1 rings (SSSR count). The Morgan fingerprint density at radius 1 is 1.56 bits per heavy atom. The van der Waals surface area contributed by atoms with Crippen LogP contribution in [0.3, 0.4) is 0 Å². The summed E-state index contributed by atoms with van der Waals surface area (Å²) in [6.45, 7) is -0.467. The average Bonchev–Trinajstić information content (AvgIpc) is 2.33. The maximum Gasteiger partial charge on any atom is 0.344 e. The van der Waals surface area contributed by atoms with Crippen molar-refractivity contribution in [3.8, 4) is 5.75 Å². The molecule has 0 unspecified atom stereocenters. The lowest BCUT2D eigenvalue weighted by Crippen LogP contribution is -2.02. The summed E-state index contributed by atoms with van der Waals surface area (Å²) in [6, 6.07) is 5.21. The Morgan fingerprint density at radius 2 is 2.33 bits per heavy atom.